The van der Waals surface area contributed by atoms with Crippen molar-refractivity contribution in [2.45, 2.75) is 51.0 Å². The maximum Gasteiger partial charge on any atom is 0.0494 e. The third-order valence-corrected chi connectivity index (χ3v) is 4.07. The zero-order chi connectivity index (χ0) is 11.9. The summed E-state index contributed by atoms with van der Waals surface area (Å²) in [6.45, 7) is 4.09. The van der Waals surface area contributed by atoms with E-state index in [1.165, 1.54) is 38.5 Å². The minimum Gasteiger partial charge on any atom is -0.381 e. The van der Waals surface area contributed by atoms with Crippen LogP contribution in [0, 0.1) is 11.8 Å². The lowest BCUT2D eigenvalue weighted by Crippen LogP contribution is -2.39. The van der Waals surface area contributed by atoms with Crippen LogP contribution in [0.15, 0.2) is 0 Å². The van der Waals surface area contributed by atoms with Crippen LogP contribution in [0.25, 0.3) is 0 Å². The molecule has 3 N–H and O–H groups in total. The topological polar surface area (TPSA) is 47.3 Å². The Morgan fingerprint density at radius 2 is 1.94 bits per heavy atom. The van der Waals surface area contributed by atoms with Crippen molar-refractivity contribution in [3.8, 4) is 0 Å². The summed E-state index contributed by atoms with van der Waals surface area (Å²) in [4.78, 5) is 0. The molecule has 17 heavy (non-hydrogen) atoms. The SMILES string of the molecule is NC1CCCCC1CNCCCOCC1CC1. The highest BCUT2D eigenvalue weighted by atomic mass is 16.5. The maximum atomic E-state index is 6.12. The van der Waals surface area contributed by atoms with Gasteiger partial charge in [-0.3, -0.25) is 0 Å². The third-order valence-electron chi connectivity index (χ3n) is 4.07. The monoisotopic (exact) mass is 240 g/mol. The van der Waals surface area contributed by atoms with Crippen LogP contribution in [0.1, 0.15) is 44.9 Å². The van der Waals surface area contributed by atoms with Crippen molar-refractivity contribution in [1.82, 2.24) is 5.32 Å². The first-order valence-electron chi connectivity index (χ1n) is 7.40. The van der Waals surface area contributed by atoms with Crippen molar-refractivity contribution in [3.05, 3.63) is 0 Å². The number of nitrogens with one attached hydrogen (secondary N) is 1. The molecule has 2 rings (SSSR count). The van der Waals surface area contributed by atoms with E-state index in [4.69, 9.17) is 10.5 Å². The summed E-state index contributed by atoms with van der Waals surface area (Å²) in [6.07, 6.45) is 9.13. The first-order valence-corrected chi connectivity index (χ1v) is 7.40. The van der Waals surface area contributed by atoms with Gasteiger partial charge in [-0.15, -0.1) is 0 Å². The predicted octanol–water partition coefficient (Wildman–Crippen LogP) is 1.91. The molecule has 0 saturated heterocycles. The van der Waals surface area contributed by atoms with Gasteiger partial charge in [0.25, 0.3) is 0 Å². The molecular formula is C14H28N2O. The Morgan fingerprint density at radius 3 is 2.71 bits per heavy atom. The lowest BCUT2D eigenvalue weighted by Gasteiger charge is -2.28. The second kappa shape index (κ2) is 7.34. The standard InChI is InChI=1S/C14H28N2O/c15-14-5-2-1-4-13(14)10-16-8-3-9-17-11-12-6-7-12/h12-14,16H,1-11,15H2. The Morgan fingerprint density at radius 1 is 1.12 bits per heavy atom. The van der Waals surface area contributed by atoms with Crippen molar-refractivity contribution in [2.24, 2.45) is 17.6 Å². The number of hydrogen-bond acceptors (Lipinski definition) is 3. The van der Waals surface area contributed by atoms with Gasteiger partial charge in [0.05, 0.1) is 0 Å². The molecule has 0 bridgehead atoms. The van der Waals surface area contributed by atoms with Crippen LogP contribution in [0.3, 0.4) is 0 Å². The van der Waals surface area contributed by atoms with Gasteiger partial charge in [0, 0.05) is 19.3 Å². The zero-order valence-corrected chi connectivity index (χ0v) is 11.0. The maximum absolute atomic E-state index is 6.12. The summed E-state index contributed by atoms with van der Waals surface area (Å²) in [5, 5.41) is 3.53. The van der Waals surface area contributed by atoms with Crippen LogP contribution in [0.4, 0.5) is 0 Å². The first-order chi connectivity index (χ1) is 8.36. The highest BCUT2D eigenvalue weighted by Crippen LogP contribution is 2.28. The fourth-order valence-corrected chi connectivity index (χ4v) is 2.61. The van der Waals surface area contributed by atoms with Crippen molar-refractivity contribution in [2.75, 3.05) is 26.3 Å². The molecule has 3 heteroatoms. The Hall–Kier alpha value is -0.120. The summed E-state index contributed by atoms with van der Waals surface area (Å²) < 4.78 is 5.61. The van der Waals surface area contributed by atoms with Crippen molar-refractivity contribution in [1.29, 1.82) is 0 Å². The molecule has 0 aromatic rings. The Bertz CT molecular complexity index is 206. The number of nitrogens with two attached hydrogens (primary N) is 1. The van der Waals surface area contributed by atoms with Crippen LogP contribution in [-0.2, 0) is 4.74 Å². The van der Waals surface area contributed by atoms with Crippen molar-refractivity contribution in [3.63, 3.8) is 0 Å². The van der Waals surface area contributed by atoms with Crippen LogP contribution < -0.4 is 11.1 Å². The van der Waals surface area contributed by atoms with E-state index in [0.717, 1.165) is 38.6 Å². The van der Waals surface area contributed by atoms with Crippen LogP contribution in [-0.4, -0.2) is 32.3 Å². The van der Waals surface area contributed by atoms with Gasteiger partial charge in [-0.25, -0.2) is 0 Å². The van der Waals surface area contributed by atoms with E-state index in [0.29, 0.717) is 12.0 Å². The van der Waals surface area contributed by atoms with Gasteiger partial charge in [-0.2, -0.15) is 0 Å². The molecule has 0 amide bonds. The Balaban J connectivity index is 1.39. The molecule has 0 aromatic carbocycles. The Labute approximate surface area is 105 Å². The first kappa shape index (κ1) is 13.3. The molecule has 2 atom stereocenters. The van der Waals surface area contributed by atoms with E-state index >= 15 is 0 Å². The van der Waals surface area contributed by atoms with E-state index in [1.54, 1.807) is 0 Å². The summed E-state index contributed by atoms with van der Waals surface area (Å²) in [5.41, 5.74) is 6.12. The van der Waals surface area contributed by atoms with Gasteiger partial charge in [0.15, 0.2) is 0 Å². The van der Waals surface area contributed by atoms with Gasteiger partial charge >= 0.3 is 0 Å². The quantitative estimate of drug-likeness (QED) is 0.637. The smallest absolute Gasteiger partial charge is 0.0494 e. The summed E-state index contributed by atoms with van der Waals surface area (Å²) in [6, 6.07) is 0.433. The summed E-state index contributed by atoms with van der Waals surface area (Å²) in [7, 11) is 0. The molecular weight excluding hydrogens is 212 g/mol. The number of ether oxygens (including phenoxy) is 1. The van der Waals surface area contributed by atoms with Crippen LogP contribution in [0.2, 0.25) is 0 Å². The molecule has 2 aliphatic carbocycles. The molecule has 2 aliphatic rings. The Kier molecular flexibility index (Phi) is 5.75. The molecule has 100 valence electrons. The van der Waals surface area contributed by atoms with Gasteiger partial charge in [0.1, 0.15) is 0 Å². The fourth-order valence-electron chi connectivity index (χ4n) is 2.61. The molecule has 0 heterocycles. The second-order valence-corrected chi connectivity index (χ2v) is 5.78. The fraction of sp³-hybridized carbons (Fsp3) is 1.00. The van der Waals surface area contributed by atoms with Crippen molar-refractivity contribution >= 4 is 0 Å². The summed E-state index contributed by atoms with van der Waals surface area (Å²) in [5.74, 6) is 1.60. The molecule has 3 nitrogen and oxygen atoms in total. The molecule has 2 fully saturated rings. The normalized spacial score (nSPS) is 29.5. The largest absolute Gasteiger partial charge is 0.381 e. The highest BCUT2D eigenvalue weighted by Gasteiger charge is 2.21. The van der Waals surface area contributed by atoms with Crippen LogP contribution >= 0.6 is 0 Å². The van der Waals surface area contributed by atoms with Gasteiger partial charge in [-0.1, -0.05) is 12.8 Å². The third kappa shape index (κ3) is 5.36. The van der Waals surface area contributed by atoms with E-state index in [9.17, 15) is 0 Å². The van der Waals surface area contributed by atoms with E-state index in [1.807, 2.05) is 0 Å². The molecule has 0 radical (unpaired) electrons. The van der Waals surface area contributed by atoms with Gasteiger partial charge in [0.2, 0.25) is 0 Å². The molecule has 2 unspecified atom stereocenters. The lowest BCUT2D eigenvalue weighted by atomic mass is 9.85. The van der Waals surface area contributed by atoms with Gasteiger partial charge in [-0.05, 0) is 57.0 Å². The van der Waals surface area contributed by atoms with Gasteiger partial charge < -0.3 is 15.8 Å². The zero-order valence-electron chi connectivity index (χ0n) is 11.0. The van der Waals surface area contributed by atoms with Crippen molar-refractivity contribution < 1.29 is 4.74 Å². The number of hydrogen-bond donors (Lipinski definition) is 2. The van der Waals surface area contributed by atoms with E-state index in [2.05, 4.69) is 5.32 Å². The number of rotatable bonds is 8. The highest BCUT2D eigenvalue weighted by molar-refractivity contribution is 4.79. The van der Waals surface area contributed by atoms with Crippen LogP contribution in [0.5, 0.6) is 0 Å². The lowest BCUT2D eigenvalue weighted by molar-refractivity contribution is 0.121. The minimum atomic E-state index is 0.433. The average Bonchev–Trinajstić information content (AvgIpc) is 3.14. The van der Waals surface area contributed by atoms with E-state index < -0.39 is 0 Å². The predicted molar refractivity (Wildman–Crippen MR) is 71.0 cm³/mol. The average molecular weight is 240 g/mol. The van der Waals surface area contributed by atoms with E-state index in [-0.39, 0.29) is 0 Å². The molecule has 2 saturated carbocycles. The molecule has 0 spiro atoms. The summed E-state index contributed by atoms with van der Waals surface area (Å²) >= 11 is 0. The minimum absolute atomic E-state index is 0.433. The molecule has 0 aliphatic heterocycles. The molecule has 0 aromatic heterocycles. The second-order valence-electron chi connectivity index (χ2n) is 5.78.